The van der Waals surface area contributed by atoms with Crippen molar-refractivity contribution in [3.8, 4) is 0 Å². The molecule has 1 aromatic heterocycles. The lowest BCUT2D eigenvalue weighted by atomic mass is 9.97. The number of aryl methyl sites for hydroxylation is 1. The summed E-state index contributed by atoms with van der Waals surface area (Å²) in [5.41, 5.74) is 0. The molecule has 0 bridgehead atoms. The highest BCUT2D eigenvalue weighted by atomic mass is 35.5. The van der Waals surface area contributed by atoms with E-state index in [1.807, 2.05) is 0 Å². The monoisotopic (exact) mass is 281 g/mol. The van der Waals surface area contributed by atoms with Gasteiger partial charge in [0.15, 0.2) is 0 Å². The third-order valence-electron chi connectivity index (χ3n) is 4.60. The Morgan fingerprint density at radius 2 is 2.32 bits per heavy atom. The number of carbonyl (C=O) groups excluding carboxylic acids is 1. The molecule has 0 aromatic carbocycles. The standard InChI is InChI=1S/C14H20ClN3O/c15-11-8-16-18(9-11)7-6-14(19)17-13-5-4-10-2-1-3-12(10)13/h8-10,12-13H,1-7H2,(H,17,19)/t10-,12-,13-/m0/s1. The third-order valence-corrected chi connectivity index (χ3v) is 4.79. The largest absolute Gasteiger partial charge is 0.353 e. The maximum atomic E-state index is 12.0. The van der Waals surface area contributed by atoms with Crippen LogP contribution in [0.25, 0.3) is 0 Å². The van der Waals surface area contributed by atoms with Crippen LogP contribution in [0.3, 0.4) is 0 Å². The first kappa shape index (κ1) is 13.0. The van der Waals surface area contributed by atoms with Crippen LogP contribution in [0, 0.1) is 11.8 Å². The van der Waals surface area contributed by atoms with Crippen molar-refractivity contribution in [3.63, 3.8) is 0 Å². The van der Waals surface area contributed by atoms with E-state index in [-0.39, 0.29) is 5.91 Å². The van der Waals surface area contributed by atoms with Gasteiger partial charge in [-0.05, 0) is 31.1 Å². The molecule has 1 amide bonds. The Labute approximate surface area is 118 Å². The van der Waals surface area contributed by atoms with E-state index in [0.29, 0.717) is 24.0 Å². The Morgan fingerprint density at radius 3 is 3.11 bits per heavy atom. The maximum absolute atomic E-state index is 12.0. The zero-order valence-corrected chi connectivity index (χ0v) is 11.8. The lowest BCUT2D eigenvalue weighted by molar-refractivity contribution is -0.122. The molecule has 2 saturated carbocycles. The lowest BCUT2D eigenvalue weighted by Gasteiger charge is -2.20. The molecule has 19 heavy (non-hydrogen) atoms. The van der Waals surface area contributed by atoms with Gasteiger partial charge in [-0.3, -0.25) is 9.48 Å². The van der Waals surface area contributed by atoms with E-state index in [4.69, 9.17) is 11.6 Å². The van der Waals surface area contributed by atoms with Crippen molar-refractivity contribution < 1.29 is 4.79 Å². The van der Waals surface area contributed by atoms with E-state index in [2.05, 4.69) is 10.4 Å². The summed E-state index contributed by atoms with van der Waals surface area (Å²) in [7, 11) is 0. The van der Waals surface area contributed by atoms with Crippen LogP contribution in [0.5, 0.6) is 0 Å². The first-order valence-electron chi connectivity index (χ1n) is 7.19. The molecular weight excluding hydrogens is 262 g/mol. The summed E-state index contributed by atoms with van der Waals surface area (Å²) in [6.07, 6.45) is 10.3. The van der Waals surface area contributed by atoms with Crippen LogP contribution in [-0.4, -0.2) is 21.7 Å². The molecule has 3 rings (SSSR count). The van der Waals surface area contributed by atoms with Gasteiger partial charge in [0.25, 0.3) is 0 Å². The molecule has 2 fully saturated rings. The van der Waals surface area contributed by atoms with Crippen LogP contribution < -0.4 is 5.32 Å². The normalized spacial score (nSPS) is 29.4. The lowest BCUT2D eigenvalue weighted by Crippen LogP contribution is -2.38. The van der Waals surface area contributed by atoms with Gasteiger partial charge in [-0.1, -0.05) is 24.4 Å². The minimum absolute atomic E-state index is 0.143. The van der Waals surface area contributed by atoms with Crippen molar-refractivity contribution in [2.45, 2.75) is 51.1 Å². The average molecular weight is 282 g/mol. The summed E-state index contributed by atoms with van der Waals surface area (Å²) < 4.78 is 1.72. The Balaban J connectivity index is 1.46. The van der Waals surface area contributed by atoms with Gasteiger partial charge in [-0.25, -0.2) is 0 Å². The van der Waals surface area contributed by atoms with Crippen LogP contribution in [0.2, 0.25) is 5.02 Å². The van der Waals surface area contributed by atoms with Gasteiger partial charge in [0, 0.05) is 25.2 Å². The molecule has 1 heterocycles. The van der Waals surface area contributed by atoms with Gasteiger partial charge >= 0.3 is 0 Å². The van der Waals surface area contributed by atoms with E-state index in [0.717, 1.165) is 18.3 Å². The molecule has 2 aliphatic carbocycles. The summed E-state index contributed by atoms with van der Waals surface area (Å²) in [6, 6.07) is 0.418. The zero-order valence-electron chi connectivity index (χ0n) is 11.0. The van der Waals surface area contributed by atoms with Gasteiger partial charge < -0.3 is 5.32 Å². The van der Waals surface area contributed by atoms with Crippen LogP contribution in [0.4, 0.5) is 0 Å². The molecule has 3 atom stereocenters. The Morgan fingerprint density at radius 1 is 1.42 bits per heavy atom. The van der Waals surface area contributed by atoms with E-state index in [1.165, 1.54) is 25.7 Å². The molecule has 5 heteroatoms. The summed E-state index contributed by atoms with van der Waals surface area (Å²) in [5, 5.41) is 7.91. The van der Waals surface area contributed by atoms with Crippen LogP contribution in [0.15, 0.2) is 12.4 Å². The molecule has 1 aromatic rings. The van der Waals surface area contributed by atoms with Gasteiger partial charge in [0.1, 0.15) is 0 Å². The highest BCUT2D eigenvalue weighted by Crippen LogP contribution is 2.43. The number of carbonyl (C=O) groups is 1. The summed E-state index contributed by atoms with van der Waals surface area (Å²) in [4.78, 5) is 12.0. The van der Waals surface area contributed by atoms with Crippen molar-refractivity contribution in [1.82, 2.24) is 15.1 Å². The summed E-state index contributed by atoms with van der Waals surface area (Å²) >= 11 is 5.79. The van der Waals surface area contributed by atoms with E-state index in [1.54, 1.807) is 17.1 Å². The Kier molecular flexibility index (Phi) is 3.78. The molecule has 1 N–H and O–H groups in total. The van der Waals surface area contributed by atoms with Crippen LogP contribution >= 0.6 is 11.6 Å². The number of rotatable bonds is 4. The SMILES string of the molecule is O=C(CCn1cc(Cl)cn1)N[C@H]1CC[C@@H]2CCC[C@@H]21. The molecule has 4 nitrogen and oxygen atoms in total. The number of fused-ring (bicyclic) bond motifs is 1. The highest BCUT2D eigenvalue weighted by molar-refractivity contribution is 6.30. The Hall–Kier alpha value is -1.03. The number of halogens is 1. The minimum Gasteiger partial charge on any atom is -0.353 e. The number of nitrogens with zero attached hydrogens (tertiary/aromatic N) is 2. The average Bonchev–Trinajstić information content (AvgIpc) is 3.05. The fourth-order valence-corrected chi connectivity index (χ4v) is 3.85. The third kappa shape index (κ3) is 2.94. The molecule has 0 radical (unpaired) electrons. The second-order valence-corrected chi connectivity index (χ2v) is 6.21. The van der Waals surface area contributed by atoms with Gasteiger partial charge in [0.2, 0.25) is 5.91 Å². The Bertz CT molecular complexity index is 459. The fourth-order valence-electron chi connectivity index (χ4n) is 3.70. The molecule has 0 unspecified atom stereocenters. The predicted molar refractivity (Wildman–Crippen MR) is 73.8 cm³/mol. The smallest absolute Gasteiger partial charge is 0.222 e. The number of hydrogen-bond donors (Lipinski definition) is 1. The fraction of sp³-hybridized carbons (Fsp3) is 0.714. The second-order valence-electron chi connectivity index (χ2n) is 5.78. The quantitative estimate of drug-likeness (QED) is 0.922. The second kappa shape index (κ2) is 5.53. The summed E-state index contributed by atoms with van der Waals surface area (Å²) in [5.74, 6) is 1.75. The number of nitrogens with one attached hydrogen (secondary N) is 1. The number of aromatic nitrogens is 2. The predicted octanol–water partition coefficient (Wildman–Crippen LogP) is 2.62. The number of hydrogen-bond acceptors (Lipinski definition) is 2. The molecule has 0 spiro atoms. The van der Waals surface area contributed by atoms with Crippen molar-refractivity contribution in [2.24, 2.45) is 11.8 Å². The van der Waals surface area contributed by atoms with E-state index in [9.17, 15) is 4.79 Å². The summed E-state index contributed by atoms with van der Waals surface area (Å²) in [6.45, 7) is 0.597. The zero-order chi connectivity index (χ0) is 13.2. The van der Waals surface area contributed by atoms with E-state index >= 15 is 0 Å². The van der Waals surface area contributed by atoms with Crippen molar-refractivity contribution in [2.75, 3.05) is 0 Å². The molecule has 104 valence electrons. The van der Waals surface area contributed by atoms with Gasteiger partial charge in [0.05, 0.1) is 11.2 Å². The first-order chi connectivity index (χ1) is 9.22. The van der Waals surface area contributed by atoms with Crippen molar-refractivity contribution in [3.05, 3.63) is 17.4 Å². The molecule has 2 aliphatic rings. The molecule has 0 aliphatic heterocycles. The van der Waals surface area contributed by atoms with E-state index < -0.39 is 0 Å². The van der Waals surface area contributed by atoms with Crippen LogP contribution in [0.1, 0.15) is 38.5 Å². The highest BCUT2D eigenvalue weighted by Gasteiger charge is 2.39. The topological polar surface area (TPSA) is 46.9 Å². The van der Waals surface area contributed by atoms with Crippen molar-refractivity contribution in [1.29, 1.82) is 0 Å². The minimum atomic E-state index is 0.143. The maximum Gasteiger partial charge on any atom is 0.222 e. The van der Waals surface area contributed by atoms with Gasteiger partial charge in [-0.2, -0.15) is 5.10 Å². The molecule has 0 saturated heterocycles. The van der Waals surface area contributed by atoms with Gasteiger partial charge in [-0.15, -0.1) is 0 Å². The van der Waals surface area contributed by atoms with Crippen LogP contribution in [-0.2, 0) is 11.3 Å². The molecular formula is C14H20ClN3O. The van der Waals surface area contributed by atoms with Crippen molar-refractivity contribution >= 4 is 17.5 Å². The first-order valence-corrected chi connectivity index (χ1v) is 7.57. The number of amides is 1.